The number of carbonyl (C=O) groups is 1. The summed E-state index contributed by atoms with van der Waals surface area (Å²) in [6.07, 6.45) is 0. The van der Waals surface area contributed by atoms with Crippen LogP contribution in [0.1, 0.15) is 21.7 Å². The van der Waals surface area contributed by atoms with Crippen molar-refractivity contribution < 1.29 is 4.79 Å². The summed E-state index contributed by atoms with van der Waals surface area (Å²) in [5.41, 5.74) is 4.05. The van der Waals surface area contributed by atoms with Gasteiger partial charge in [-0.2, -0.15) is 0 Å². The number of hydrogen-bond donors (Lipinski definition) is 1. The summed E-state index contributed by atoms with van der Waals surface area (Å²) in [4.78, 5) is 17.4. The second kappa shape index (κ2) is 8.30. The predicted molar refractivity (Wildman–Crippen MR) is 121 cm³/mol. The maximum absolute atomic E-state index is 12.9. The van der Waals surface area contributed by atoms with Crippen LogP contribution in [-0.2, 0) is 0 Å². The van der Waals surface area contributed by atoms with Gasteiger partial charge < -0.3 is 5.32 Å². The Kier molecular flexibility index (Phi) is 5.57. The molecule has 7 heteroatoms. The molecule has 0 unspecified atom stereocenters. The summed E-state index contributed by atoms with van der Waals surface area (Å²) in [5, 5.41) is 8.32. The molecule has 1 N–H and O–H groups in total. The van der Waals surface area contributed by atoms with E-state index in [0.717, 1.165) is 22.4 Å². The van der Waals surface area contributed by atoms with Gasteiger partial charge in [0.25, 0.3) is 5.91 Å². The van der Waals surface area contributed by atoms with E-state index < -0.39 is 5.91 Å². The van der Waals surface area contributed by atoms with Crippen LogP contribution in [0.25, 0.3) is 17.1 Å². The molecule has 4 rings (SSSR count). The van der Waals surface area contributed by atoms with Gasteiger partial charge in [-0.3, -0.25) is 4.79 Å². The van der Waals surface area contributed by atoms with E-state index >= 15 is 0 Å². The van der Waals surface area contributed by atoms with Gasteiger partial charge >= 0.3 is 0 Å². The molecule has 5 nitrogen and oxygen atoms in total. The van der Waals surface area contributed by atoms with Gasteiger partial charge in [0.2, 0.25) is 5.82 Å². The maximum Gasteiger partial charge on any atom is 0.295 e. The summed E-state index contributed by atoms with van der Waals surface area (Å²) in [6.45, 7) is 3.92. The molecule has 1 heterocycles. The minimum absolute atomic E-state index is 0.0323. The molecule has 150 valence electrons. The Hall–Kier alpha value is -3.15. The molecular formula is C23H18Cl2N4O. The van der Waals surface area contributed by atoms with Crippen molar-refractivity contribution in [2.24, 2.45) is 0 Å². The lowest BCUT2D eigenvalue weighted by Gasteiger charge is -2.10. The smallest absolute Gasteiger partial charge is 0.295 e. The number of halogens is 2. The number of carbonyl (C=O) groups excluding carboxylic acids is 1. The molecule has 0 saturated heterocycles. The molecule has 1 amide bonds. The normalized spacial score (nSPS) is 10.8. The van der Waals surface area contributed by atoms with Crippen LogP contribution in [-0.4, -0.2) is 20.7 Å². The van der Waals surface area contributed by atoms with Crippen LogP contribution in [0.4, 0.5) is 5.69 Å². The first-order valence-electron chi connectivity index (χ1n) is 9.29. The number of amides is 1. The molecule has 0 aliphatic rings. The minimum Gasteiger partial charge on any atom is -0.318 e. The van der Waals surface area contributed by atoms with Crippen LogP contribution in [0.15, 0.2) is 66.7 Å². The lowest BCUT2D eigenvalue weighted by Crippen LogP contribution is -2.14. The zero-order chi connectivity index (χ0) is 21.3. The van der Waals surface area contributed by atoms with Gasteiger partial charge in [0.15, 0.2) is 5.82 Å². The van der Waals surface area contributed by atoms with Crippen molar-refractivity contribution in [1.82, 2.24) is 14.8 Å². The number of nitrogens with zero attached hydrogens (tertiary/aromatic N) is 3. The standard InChI is InChI=1S/C23H18Cl2N4O/c1-14-10-12-16(13-11-14)22-27-21(23(30)26-19-8-4-3-6-18(19)25)28-29(22)20-9-5-7-17(24)15(20)2/h3-13H,1-2H3,(H,26,30). The summed E-state index contributed by atoms with van der Waals surface area (Å²) >= 11 is 12.5. The number of rotatable bonds is 4. The molecular weight excluding hydrogens is 419 g/mol. The van der Waals surface area contributed by atoms with Crippen molar-refractivity contribution in [3.8, 4) is 17.1 Å². The van der Waals surface area contributed by atoms with Crippen LogP contribution in [0.3, 0.4) is 0 Å². The Labute approximate surface area is 184 Å². The number of hydrogen-bond acceptors (Lipinski definition) is 3. The van der Waals surface area contributed by atoms with Crippen LogP contribution in [0.5, 0.6) is 0 Å². The van der Waals surface area contributed by atoms with E-state index in [2.05, 4.69) is 15.4 Å². The van der Waals surface area contributed by atoms with Crippen LogP contribution in [0, 0.1) is 13.8 Å². The van der Waals surface area contributed by atoms with Crippen LogP contribution < -0.4 is 5.32 Å². The molecule has 0 atom stereocenters. The Morgan fingerprint density at radius 2 is 1.60 bits per heavy atom. The summed E-state index contributed by atoms with van der Waals surface area (Å²) in [5.74, 6) is 0.129. The van der Waals surface area contributed by atoms with E-state index in [0.29, 0.717) is 21.6 Å². The third kappa shape index (κ3) is 3.95. The number of aryl methyl sites for hydroxylation is 1. The zero-order valence-corrected chi connectivity index (χ0v) is 17.9. The summed E-state index contributed by atoms with van der Waals surface area (Å²) < 4.78 is 1.65. The number of benzene rings is 3. The maximum atomic E-state index is 12.9. The van der Waals surface area contributed by atoms with Gasteiger partial charge in [-0.1, -0.05) is 71.2 Å². The highest BCUT2D eigenvalue weighted by molar-refractivity contribution is 6.33. The number of para-hydroxylation sites is 1. The first-order valence-corrected chi connectivity index (χ1v) is 10.0. The van der Waals surface area contributed by atoms with Crippen LogP contribution in [0.2, 0.25) is 10.0 Å². The third-order valence-electron chi connectivity index (χ3n) is 4.71. The fourth-order valence-corrected chi connectivity index (χ4v) is 3.38. The SMILES string of the molecule is Cc1ccc(-c2nc(C(=O)Nc3ccccc3Cl)nn2-c2cccc(Cl)c2C)cc1. The highest BCUT2D eigenvalue weighted by Crippen LogP contribution is 2.27. The minimum atomic E-state index is -0.449. The molecule has 0 radical (unpaired) electrons. The molecule has 1 aromatic heterocycles. The molecule has 0 aliphatic heterocycles. The largest absolute Gasteiger partial charge is 0.318 e. The van der Waals surface area contributed by atoms with Crippen molar-refractivity contribution in [1.29, 1.82) is 0 Å². The number of aromatic nitrogens is 3. The Morgan fingerprint density at radius 3 is 2.33 bits per heavy atom. The zero-order valence-electron chi connectivity index (χ0n) is 16.4. The first-order chi connectivity index (χ1) is 14.4. The van der Waals surface area contributed by atoms with Crippen molar-refractivity contribution in [2.45, 2.75) is 13.8 Å². The van der Waals surface area contributed by atoms with Crippen molar-refractivity contribution in [3.63, 3.8) is 0 Å². The second-order valence-corrected chi connectivity index (χ2v) is 7.67. The fourth-order valence-electron chi connectivity index (χ4n) is 3.03. The number of anilines is 1. The van der Waals surface area contributed by atoms with Gasteiger partial charge in [-0.15, -0.1) is 5.10 Å². The Bertz CT molecular complexity index is 1230. The predicted octanol–water partition coefficient (Wildman–Crippen LogP) is 6.11. The molecule has 0 saturated carbocycles. The average molecular weight is 437 g/mol. The van der Waals surface area contributed by atoms with Gasteiger partial charge in [-0.25, -0.2) is 9.67 Å². The molecule has 4 aromatic rings. The molecule has 30 heavy (non-hydrogen) atoms. The molecule has 0 bridgehead atoms. The van der Waals surface area contributed by atoms with Gasteiger partial charge in [0.1, 0.15) is 0 Å². The molecule has 0 fully saturated rings. The highest BCUT2D eigenvalue weighted by atomic mass is 35.5. The lowest BCUT2D eigenvalue weighted by molar-refractivity contribution is 0.101. The second-order valence-electron chi connectivity index (χ2n) is 6.85. The summed E-state index contributed by atoms with van der Waals surface area (Å²) in [6, 6.07) is 20.4. The van der Waals surface area contributed by atoms with Gasteiger partial charge in [0, 0.05) is 10.6 Å². The first kappa shape index (κ1) is 20.1. The molecule has 0 spiro atoms. The van der Waals surface area contributed by atoms with E-state index in [-0.39, 0.29) is 5.82 Å². The van der Waals surface area contributed by atoms with E-state index in [1.165, 1.54) is 0 Å². The quantitative estimate of drug-likeness (QED) is 0.419. The van der Waals surface area contributed by atoms with E-state index in [1.54, 1.807) is 28.9 Å². The topological polar surface area (TPSA) is 59.8 Å². The van der Waals surface area contributed by atoms with E-state index in [4.69, 9.17) is 23.2 Å². The monoisotopic (exact) mass is 436 g/mol. The molecule has 3 aromatic carbocycles. The van der Waals surface area contributed by atoms with Crippen molar-refractivity contribution in [3.05, 3.63) is 93.7 Å². The van der Waals surface area contributed by atoms with Crippen molar-refractivity contribution in [2.75, 3.05) is 5.32 Å². The Balaban J connectivity index is 1.81. The van der Waals surface area contributed by atoms with E-state index in [1.807, 2.05) is 56.3 Å². The molecule has 0 aliphatic carbocycles. The lowest BCUT2D eigenvalue weighted by atomic mass is 10.1. The average Bonchev–Trinajstić information content (AvgIpc) is 3.17. The van der Waals surface area contributed by atoms with Crippen molar-refractivity contribution >= 4 is 34.8 Å². The van der Waals surface area contributed by atoms with Gasteiger partial charge in [0.05, 0.1) is 16.4 Å². The summed E-state index contributed by atoms with van der Waals surface area (Å²) in [7, 11) is 0. The Morgan fingerprint density at radius 1 is 0.900 bits per heavy atom. The fraction of sp³-hybridized carbons (Fsp3) is 0.0870. The van der Waals surface area contributed by atoms with Gasteiger partial charge in [-0.05, 0) is 43.7 Å². The highest BCUT2D eigenvalue weighted by Gasteiger charge is 2.21. The third-order valence-corrected chi connectivity index (χ3v) is 5.45. The van der Waals surface area contributed by atoms with Crippen LogP contribution >= 0.6 is 23.2 Å². The number of nitrogens with one attached hydrogen (secondary N) is 1. The van der Waals surface area contributed by atoms with E-state index in [9.17, 15) is 4.79 Å².